The standard InChI is InChI=1S/C20H17ClFN7O2/c21-16-10(2-1-3-14(16)22)8-23-19-27-17-12(6-11-7-15(30)26-18(11)31)9-24-29(17)20(28-19)25-13-4-5-13/h1-3,6,9,13H,4-5,7-8H2,(H,26,30,31)(H2,23,25,27,28)/b11-6+. The van der Waals surface area contributed by atoms with Crippen molar-refractivity contribution in [2.75, 3.05) is 10.6 Å². The van der Waals surface area contributed by atoms with E-state index in [1.54, 1.807) is 28.9 Å². The van der Waals surface area contributed by atoms with Gasteiger partial charge in [0.25, 0.3) is 5.91 Å². The summed E-state index contributed by atoms with van der Waals surface area (Å²) in [5.74, 6) is -0.468. The Kier molecular flexibility index (Phi) is 4.78. The lowest BCUT2D eigenvalue weighted by Gasteiger charge is -2.11. The highest BCUT2D eigenvalue weighted by molar-refractivity contribution is 6.31. The van der Waals surface area contributed by atoms with E-state index in [0.717, 1.165) is 12.8 Å². The number of halogens is 2. The minimum absolute atomic E-state index is 0.0115. The molecule has 11 heteroatoms. The van der Waals surface area contributed by atoms with Crippen LogP contribution in [0, 0.1) is 5.82 Å². The zero-order valence-electron chi connectivity index (χ0n) is 16.2. The molecule has 5 rings (SSSR count). The largest absolute Gasteiger partial charge is 0.351 e. The van der Waals surface area contributed by atoms with Gasteiger partial charge in [0.1, 0.15) is 5.82 Å². The Bertz CT molecular complexity index is 1250. The molecule has 0 atom stereocenters. The minimum atomic E-state index is -0.498. The molecule has 3 aromatic rings. The van der Waals surface area contributed by atoms with E-state index in [2.05, 4.69) is 31.0 Å². The van der Waals surface area contributed by atoms with Crippen LogP contribution in [0.1, 0.15) is 30.4 Å². The second-order valence-corrected chi connectivity index (χ2v) is 7.79. The molecule has 2 aliphatic rings. The highest BCUT2D eigenvalue weighted by Gasteiger charge is 2.26. The molecule has 2 fully saturated rings. The van der Waals surface area contributed by atoms with Crippen molar-refractivity contribution in [2.24, 2.45) is 0 Å². The van der Waals surface area contributed by atoms with Crippen LogP contribution in [0.15, 0.2) is 30.0 Å². The van der Waals surface area contributed by atoms with Crippen LogP contribution in [0.2, 0.25) is 5.02 Å². The highest BCUT2D eigenvalue weighted by atomic mass is 35.5. The Morgan fingerprint density at radius 2 is 2.13 bits per heavy atom. The number of rotatable bonds is 6. The zero-order valence-corrected chi connectivity index (χ0v) is 16.9. The molecule has 31 heavy (non-hydrogen) atoms. The molecule has 158 valence electrons. The van der Waals surface area contributed by atoms with E-state index in [1.165, 1.54) is 6.07 Å². The molecule has 0 bridgehead atoms. The van der Waals surface area contributed by atoms with Crippen LogP contribution in [0.25, 0.3) is 11.7 Å². The Hall–Kier alpha value is -3.53. The Morgan fingerprint density at radius 3 is 2.87 bits per heavy atom. The smallest absolute Gasteiger partial charge is 0.254 e. The van der Waals surface area contributed by atoms with Crippen LogP contribution in [0.4, 0.5) is 16.3 Å². The van der Waals surface area contributed by atoms with Crippen LogP contribution in [0.5, 0.6) is 0 Å². The van der Waals surface area contributed by atoms with Crippen molar-refractivity contribution < 1.29 is 14.0 Å². The van der Waals surface area contributed by atoms with Crippen molar-refractivity contribution in [3.05, 3.63) is 51.9 Å². The third-order valence-electron chi connectivity index (χ3n) is 5.00. The van der Waals surface area contributed by atoms with Gasteiger partial charge >= 0.3 is 0 Å². The first-order chi connectivity index (χ1) is 15.0. The molecule has 1 saturated heterocycles. The number of fused-ring (bicyclic) bond motifs is 1. The van der Waals surface area contributed by atoms with E-state index in [0.29, 0.717) is 40.3 Å². The van der Waals surface area contributed by atoms with Gasteiger partial charge in [-0.3, -0.25) is 14.9 Å². The van der Waals surface area contributed by atoms with Crippen LogP contribution < -0.4 is 16.0 Å². The van der Waals surface area contributed by atoms with Crippen LogP contribution >= 0.6 is 11.6 Å². The minimum Gasteiger partial charge on any atom is -0.351 e. The van der Waals surface area contributed by atoms with Gasteiger partial charge in [0.05, 0.1) is 17.6 Å². The summed E-state index contributed by atoms with van der Waals surface area (Å²) in [6, 6.07) is 4.90. The predicted molar refractivity (Wildman–Crippen MR) is 112 cm³/mol. The van der Waals surface area contributed by atoms with Crippen LogP contribution in [0.3, 0.4) is 0 Å². The highest BCUT2D eigenvalue weighted by Crippen LogP contribution is 2.27. The van der Waals surface area contributed by atoms with Gasteiger partial charge in [-0.25, -0.2) is 4.39 Å². The summed E-state index contributed by atoms with van der Waals surface area (Å²) in [6.07, 6.45) is 5.25. The molecule has 3 heterocycles. The van der Waals surface area contributed by atoms with Gasteiger partial charge in [0.15, 0.2) is 5.65 Å². The number of aromatic nitrogens is 4. The molecule has 9 nitrogen and oxygen atoms in total. The van der Waals surface area contributed by atoms with Gasteiger partial charge in [-0.1, -0.05) is 23.7 Å². The normalized spacial score (nSPS) is 17.4. The van der Waals surface area contributed by atoms with Crippen LogP contribution in [-0.2, 0) is 16.1 Å². The van der Waals surface area contributed by atoms with Crippen molar-refractivity contribution in [3.63, 3.8) is 0 Å². The number of carbonyl (C=O) groups is 2. The average molecular weight is 442 g/mol. The van der Waals surface area contributed by atoms with Crippen molar-refractivity contribution in [2.45, 2.75) is 31.8 Å². The summed E-state index contributed by atoms with van der Waals surface area (Å²) in [5, 5.41) is 13.0. The molecule has 0 radical (unpaired) electrons. The Morgan fingerprint density at radius 1 is 1.29 bits per heavy atom. The molecule has 1 aliphatic carbocycles. The van der Waals surface area contributed by atoms with E-state index < -0.39 is 11.7 Å². The summed E-state index contributed by atoms with van der Waals surface area (Å²) in [4.78, 5) is 32.4. The zero-order chi connectivity index (χ0) is 21.5. The lowest BCUT2D eigenvalue weighted by molar-refractivity contribution is -0.124. The van der Waals surface area contributed by atoms with E-state index in [4.69, 9.17) is 11.6 Å². The molecular formula is C20H17ClFN7O2. The lowest BCUT2D eigenvalue weighted by atomic mass is 10.1. The fourth-order valence-electron chi connectivity index (χ4n) is 3.25. The van der Waals surface area contributed by atoms with Gasteiger partial charge in [0.2, 0.25) is 17.8 Å². The molecule has 1 aromatic carbocycles. The summed E-state index contributed by atoms with van der Waals surface area (Å²) < 4.78 is 15.3. The maximum Gasteiger partial charge on any atom is 0.254 e. The summed E-state index contributed by atoms with van der Waals surface area (Å²) in [5.41, 5.74) is 1.95. The fourth-order valence-corrected chi connectivity index (χ4v) is 3.44. The summed E-state index contributed by atoms with van der Waals surface area (Å²) >= 11 is 6.04. The number of imide groups is 1. The maximum atomic E-state index is 13.7. The van der Waals surface area contributed by atoms with E-state index in [-0.39, 0.29) is 23.9 Å². The first kappa shape index (κ1) is 19.4. The lowest BCUT2D eigenvalue weighted by Crippen LogP contribution is -2.19. The molecule has 0 spiro atoms. The van der Waals surface area contributed by atoms with Crippen molar-refractivity contribution in [3.8, 4) is 0 Å². The topological polar surface area (TPSA) is 113 Å². The average Bonchev–Trinajstić information content (AvgIpc) is 3.37. The predicted octanol–water partition coefficient (Wildman–Crippen LogP) is 2.53. The number of hydrogen-bond acceptors (Lipinski definition) is 7. The number of nitrogens with zero attached hydrogens (tertiary/aromatic N) is 4. The summed E-state index contributed by atoms with van der Waals surface area (Å²) in [7, 11) is 0. The second-order valence-electron chi connectivity index (χ2n) is 7.41. The number of hydrogen-bond donors (Lipinski definition) is 3. The van der Waals surface area contributed by atoms with Gasteiger partial charge in [0, 0.05) is 23.7 Å². The van der Waals surface area contributed by atoms with Crippen molar-refractivity contribution in [1.82, 2.24) is 24.9 Å². The maximum absolute atomic E-state index is 13.7. The monoisotopic (exact) mass is 441 g/mol. The van der Waals surface area contributed by atoms with Crippen molar-refractivity contribution >= 4 is 47.0 Å². The number of amides is 2. The van der Waals surface area contributed by atoms with Crippen LogP contribution in [-0.4, -0.2) is 37.4 Å². The number of carbonyl (C=O) groups excluding carboxylic acids is 2. The fraction of sp³-hybridized carbons (Fsp3) is 0.250. The Labute approximate surface area is 180 Å². The number of benzene rings is 1. The van der Waals surface area contributed by atoms with E-state index >= 15 is 0 Å². The van der Waals surface area contributed by atoms with Gasteiger partial charge in [-0.05, 0) is 30.5 Å². The van der Waals surface area contributed by atoms with Gasteiger partial charge < -0.3 is 10.6 Å². The number of anilines is 2. The first-order valence-electron chi connectivity index (χ1n) is 9.72. The molecule has 3 N–H and O–H groups in total. The quantitative estimate of drug-likeness (QED) is 0.398. The molecule has 1 aliphatic heterocycles. The van der Waals surface area contributed by atoms with Gasteiger partial charge in [-0.15, -0.1) is 0 Å². The molecule has 2 aromatic heterocycles. The molecule has 0 unspecified atom stereocenters. The molecule has 2 amide bonds. The van der Waals surface area contributed by atoms with E-state index in [9.17, 15) is 14.0 Å². The Balaban J connectivity index is 1.50. The molecular weight excluding hydrogens is 425 g/mol. The molecule has 1 saturated carbocycles. The van der Waals surface area contributed by atoms with E-state index in [1.807, 2.05) is 0 Å². The SMILES string of the molecule is O=C1C/C(=C\c2cnn3c(NC4CC4)nc(NCc4cccc(F)c4Cl)nc23)C(=O)N1. The number of nitrogens with one attached hydrogen (secondary N) is 3. The first-order valence-corrected chi connectivity index (χ1v) is 10.1. The third kappa shape index (κ3) is 3.93. The van der Waals surface area contributed by atoms with Crippen molar-refractivity contribution in [1.29, 1.82) is 0 Å². The summed E-state index contributed by atoms with van der Waals surface area (Å²) in [6.45, 7) is 0.219. The third-order valence-corrected chi connectivity index (χ3v) is 5.42. The second kappa shape index (κ2) is 7.62. The van der Waals surface area contributed by atoms with Gasteiger partial charge in [-0.2, -0.15) is 19.6 Å².